The van der Waals surface area contributed by atoms with Gasteiger partial charge in [0.2, 0.25) is 5.13 Å². The van der Waals surface area contributed by atoms with Crippen LogP contribution in [0.2, 0.25) is 0 Å². The number of nitrogen functional groups attached to an aromatic ring is 1. The SMILES string of the molecule is CCOc1cc(C=NNc2nc(N)cs2)ccc1OC(C)C(=O)OC. The van der Waals surface area contributed by atoms with Crippen LogP contribution in [0.4, 0.5) is 10.9 Å². The monoisotopic (exact) mass is 364 g/mol. The standard InChI is InChI=1S/C16H20N4O4S/c1-4-23-13-7-11(8-18-20-16-19-14(17)9-25-16)5-6-12(13)24-10(2)15(21)22-3/h5-10H,4,17H2,1-3H3,(H,19,20). The lowest BCUT2D eigenvalue weighted by atomic mass is 10.2. The summed E-state index contributed by atoms with van der Waals surface area (Å²) in [6.07, 6.45) is 0.883. The molecule has 9 heteroatoms. The van der Waals surface area contributed by atoms with Crippen molar-refractivity contribution in [3.63, 3.8) is 0 Å². The van der Waals surface area contributed by atoms with Crippen LogP contribution in [0.1, 0.15) is 19.4 Å². The Morgan fingerprint density at radius 2 is 2.28 bits per heavy atom. The maximum atomic E-state index is 11.5. The molecule has 0 saturated heterocycles. The van der Waals surface area contributed by atoms with Gasteiger partial charge in [-0.05, 0) is 37.6 Å². The molecule has 1 aromatic heterocycles. The van der Waals surface area contributed by atoms with Gasteiger partial charge in [0.05, 0.1) is 19.9 Å². The molecule has 0 spiro atoms. The molecule has 0 aliphatic heterocycles. The van der Waals surface area contributed by atoms with E-state index in [0.29, 0.717) is 29.1 Å². The Kier molecular flexibility index (Phi) is 6.58. The second-order valence-electron chi connectivity index (χ2n) is 4.87. The number of carbonyl (C=O) groups is 1. The van der Waals surface area contributed by atoms with Crippen molar-refractivity contribution in [2.75, 3.05) is 24.9 Å². The van der Waals surface area contributed by atoms with E-state index in [9.17, 15) is 4.79 Å². The third-order valence-corrected chi connectivity index (χ3v) is 3.77. The number of thiazole rings is 1. The molecule has 1 unspecified atom stereocenters. The number of carbonyl (C=O) groups excluding carboxylic acids is 1. The third kappa shape index (κ3) is 5.35. The van der Waals surface area contributed by atoms with Crippen LogP contribution in [-0.4, -0.2) is 37.0 Å². The number of hydrazone groups is 1. The first kappa shape index (κ1) is 18.5. The summed E-state index contributed by atoms with van der Waals surface area (Å²) in [5, 5.41) is 6.43. The Bertz CT molecular complexity index is 747. The molecule has 1 atom stereocenters. The molecular weight excluding hydrogens is 344 g/mol. The van der Waals surface area contributed by atoms with Crippen LogP contribution in [0.5, 0.6) is 11.5 Å². The second-order valence-corrected chi connectivity index (χ2v) is 5.73. The van der Waals surface area contributed by atoms with Crippen molar-refractivity contribution in [1.29, 1.82) is 0 Å². The molecule has 0 aliphatic carbocycles. The van der Waals surface area contributed by atoms with E-state index in [4.69, 9.17) is 15.2 Å². The molecule has 0 saturated carbocycles. The Morgan fingerprint density at radius 3 is 2.92 bits per heavy atom. The van der Waals surface area contributed by atoms with E-state index in [1.807, 2.05) is 6.92 Å². The average Bonchev–Trinajstić information content (AvgIpc) is 3.01. The van der Waals surface area contributed by atoms with Gasteiger partial charge in [-0.25, -0.2) is 9.78 Å². The lowest BCUT2D eigenvalue weighted by Gasteiger charge is -2.16. The molecule has 25 heavy (non-hydrogen) atoms. The van der Waals surface area contributed by atoms with Crippen molar-refractivity contribution >= 4 is 34.5 Å². The van der Waals surface area contributed by atoms with Crippen LogP contribution in [-0.2, 0) is 9.53 Å². The van der Waals surface area contributed by atoms with E-state index >= 15 is 0 Å². The van der Waals surface area contributed by atoms with E-state index in [2.05, 4.69) is 20.2 Å². The van der Waals surface area contributed by atoms with Crippen LogP contribution in [0.15, 0.2) is 28.7 Å². The summed E-state index contributed by atoms with van der Waals surface area (Å²) in [5.41, 5.74) is 9.14. The fourth-order valence-electron chi connectivity index (χ4n) is 1.87. The van der Waals surface area contributed by atoms with E-state index in [0.717, 1.165) is 5.56 Å². The number of aromatic nitrogens is 1. The Labute approximate surface area is 149 Å². The highest BCUT2D eigenvalue weighted by Gasteiger charge is 2.17. The minimum atomic E-state index is -0.735. The van der Waals surface area contributed by atoms with Gasteiger partial charge in [-0.2, -0.15) is 5.10 Å². The lowest BCUT2D eigenvalue weighted by Crippen LogP contribution is -2.25. The van der Waals surface area contributed by atoms with Crippen molar-refractivity contribution in [3.05, 3.63) is 29.1 Å². The van der Waals surface area contributed by atoms with Gasteiger partial charge in [-0.1, -0.05) is 0 Å². The number of methoxy groups -OCH3 is 1. The average molecular weight is 364 g/mol. The van der Waals surface area contributed by atoms with Crippen molar-refractivity contribution in [2.24, 2.45) is 5.10 Å². The number of rotatable bonds is 8. The summed E-state index contributed by atoms with van der Waals surface area (Å²) >= 11 is 1.36. The number of esters is 1. The molecule has 134 valence electrons. The predicted molar refractivity (Wildman–Crippen MR) is 97.5 cm³/mol. The first-order valence-electron chi connectivity index (χ1n) is 7.55. The van der Waals surface area contributed by atoms with Gasteiger partial charge in [-0.3, -0.25) is 5.43 Å². The van der Waals surface area contributed by atoms with Gasteiger partial charge < -0.3 is 19.9 Å². The first-order valence-corrected chi connectivity index (χ1v) is 8.42. The first-order chi connectivity index (χ1) is 12.0. The van der Waals surface area contributed by atoms with Gasteiger partial charge in [0.1, 0.15) is 5.82 Å². The van der Waals surface area contributed by atoms with Crippen LogP contribution in [0, 0.1) is 0 Å². The maximum Gasteiger partial charge on any atom is 0.346 e. The van der Waals surface area contributed by atoms with E-state index in [1.165, 1.54) is 18.4 Å². The molecule has 0 amide bonds. The molecule has 1 heterocycles. The minimum Gasteiger partial charge on any atom is -0.490 e. The highest BCUT2D eigenvalue weighted by atomic mass is 32.1. The molecular formula is C16H20N4O4S. The largest absolute Gasteiger partial charge is 0.490 e. The van der Waals surface area contributed by atoms with Crippen LogP contribution in [0.3, 0.4) is 0 Å². The summed E-state index contributed by atoms with van der Waals surface area (Å²) in [6, 6.07) is 5.28. The van der Waals surface area contributed by atoms with E-state index in [-0.39, 0.29) is 0 Å². The van der Waals surface area contributed by atoms with Crippen LogP contribution < -0.4 is 20.6 Å². The van der Waals surface area contributed by atoms with Gasteiger partial charge in [0, 0.05) is 5.38 Å². The van der Waals surface area contributed by atoms with Gasteiger partial charge in [-0.15, -0.1) is 11.3 Å². The van der Waals surface area contributed by atoms with Crippen molar-refractivity contribution in [2.45, 2.75) is 20.0 Å². The lowest BCUT2D eigenvalue weighted by molar-refractivity contribution is -0.147. The Balaban J connectivity index is 2.09. The zero-order valence-corrected chi connectivity index (χ0v) is 15.0. The molecule has 3 N–H and O–H groups in total. The zero-order valence-electron chi connectivity index (χ0n) is 14.2. The number of ether oxygens (including phenoxy) is 3. The highest BCUT2D eigenvalue weighted by molar-refractivity contribution is 7.14. The van der Waals surface area contributed by atoms with Gasteiger partial charge in [0.25, 0.3) is 0 Å². The quantitative estimate of drug-likeness (QED) is 0.421. The normalized spacial score (nSPS) is 12.0. The van der Waals surface area contributed by atoms with Crippen LogP contribution in [0.25, 0.3) is 0 Å². The van der Waals surface area contributed by atoms with E-state index < -0.39 is 12.1 Å². The number of hydrogen-bond acceptors (Lipinski definition) is 9. The molecule has 1 aromatic carbocycles. The smallest absolute Gasteiger partial charge is 0.346 e. The summed E-state index contributed by atoms with van der Waals surface area (Å²) in [5.74, 6) is 0.959. The Hall–Kier alpha value is -2.81. The topological polar surface area (TPSA) is 108 Å². The zero-order chi connectivity index (χ0) is 18.2. The van der Waals surface area contributed by atoms with Crippen LogP contribution >= 0.6 is 11.3 Å². The molecule has 0 bridgehead atoms. The minimum absolute atomic E-state index is 0.447. The summed E-state index contributed by atoms with van der Waals surface area (Å²) < 4.78 is 15.8. The predicted octanol–water partition coefficient (Wildman–Crippen LogP) is 2.51. The number of benzene rings is 1. The number of nitrogens with zero attached hydrogens (tertiary/aromatic N) is 2. The summed E-state index contributed by atoms with van der Waals surface area (Å²) in [7, 11) is 1.31. The second kappa shape index (κ2) is 8.88. The van der Waals surface area contributed by atoms with Gasteiger partial charge >= 0.3 is 5.97 Å². The van der Waals surface area contributed by atoms with E-state index in [1.54, 1.807) is 36.7 Å². The number of nitrogens with two attached hydrogens (primary N) is 1. The van der Waals surface area contributed by atoms with Crippen molar-refractivity contribution < 1.29 is 19.0 Å². The fourth-order valence-corrected chi connectivity index (χ4v) is 2.42. The Morgan fingerprint density at radius 1 is 1.48 bits per heavy atom. The molecule has 0 fully saturated rings. The van der Waals surface area contributed by atoms with Crippen molar-refractivity contribution in [3.8, 4) is 11.5 Å². The van der Waals surface area contributed by atoms with Crippen molar-refractivity contribution in [1.82, 2.24) is 4.98 Å². The molecule has 0 radical (unpaired) electrons. The molecule has 2 aromatic rings. The highest BCUT2D eigenvalue weighted by Crippen LogP contribution is 2.29. The van der Waals surface area contributed by atoms with Gasteiger partial charge in [0.15, 0.2) is 17.6 Å². The number of hydrogen-bond donors (Lipinski definition) is 2. The number of anilines is 2. The molecule has 8 nitrogen and oxygen atoms in total. The summed E-state index contributed by atoms with van der Waals surface area (Å²) in [6.45, 7) is 3.93. The molecule has 0 aliphatic rings. The number of nitrogens with one attached hydrogen (secondary N) is 1. The fraction of sp³-hybridized carbons (Fsp3) is 0.312. The molecule has 2 rings (SSSR count). The third-order valence-electron chi connectivity index (χ3n) is 3.00. The maximum absolute atomic E-state index is 11.5. The summed E-state index contributed by atoms with van der Waals surface area (Å²) in [4.78, 5) is 15.5.